The maximum atomic E-state index is 13.0. The summed E-state index contributed by atoms with van der Waals surface area (Å²) in [6, 6.07) is 19.3. The molecule has 2 aromatic carbocycles. The molecule has 0 unspecified atom stereocenters. The van der Waals surface area contributed by atoms with Crippen molar-refractivity contribution in [3.8, 4) is 11.3 Å². The van der Waals surface area contributed by atoms with Crippen LogP contribution in [0.4, 0.5) is 0 Å². The highest BCUT2D eigenvalue weighted by Crippen LogP contribution is 2.32. The number of ether oxygens (including phenoxy) is 2. The van der Waals surface area contributed by atoms with Crippen molar-refractivity contribution in [1.82, 2.24) is 9.35 Å². The number of benzene rings is 2. The molecule has 0 aliphatic heterocycles. The van der Waals surface area contributed by atoms with Crippen LogP contribution in [0.2, 0.25) is 0 Å². The number of nitrogens with zero attached hydrogens (tertiary/aromatic N) is 2. The zero-order valence-electron chi connectivity index (χ0n) is 18.0. The summed E-state index contributed by atoms with van der Waals surface area (Å²) in [5, 5.41) is 0.942. The van der Waals surface area contributed by atoms with E-state index in [0.29, 0.717) is 17.0 Å². The molecular formula is C25H24N2O4. The van der Waals surface area contributed by atoms with Gasteiger partial charge in [-0.15, -0.1) is 0 Å². The molecule has 0 spiro atoms. The normalized spacial score (nSPS) is 11.0. The van der Waals surface area contributed by atoms with E-state index in [4.69, 9.17) is 9.47 Å². The topological polar surface area (TPSA) is 62.5 Å². The Morgan fingerprint density at radius 2 is 1.58 bits per heavy atom. The van der Waals surface area contributed by atoms with E-state index < -0.39 is 11.9 Å². The summed E-state index contributed by atoms with van der Waals surface area (Å²) in [7, 11) is 1.36. The van der Waals surface area contributed by atoms with Crippen LogP contribution in [0.5, 0.6) is 0 Å². The molecule has 0 bridgehead atoms. The molecule has 0 atom stereocenters. The second kappa shape index (κ2) is 8.14. The number of methoxy groups -OCH3 is 1. The SMILES string of the molecule is CCOC(=O)c1c(C)c2ccccc2n1-n1c(-c2ccccc2)cc(C(=O)OC)c1C. The van der Waals surface area contributed by atoms with Gasteiger partial charge in [0, 0.05) is 10.9 Å². The number of carbonyl (C=O) groups excluding carboxylic acids is 2. The van der Waals surface area contributed by atoms with Gasteiger partial charge in [0.25, 0.3) is 0 Å². The number of fused-ring (bicyclic) bond motifs is 1. The lowest BCUT2D eigenvalue weighted by Crippen LogP contribution is -2.21. The van der Waals surface area contributed by atoms with Crippen molar-refractivity contribution in [1.29, 1.82) is 0 Å². The minimum absolute atomic E-state index is 0.267. The first kappa shape index (κ1) is 20.5. The molecule has 0 saturated carbocycles. The summed E-state index contributed by atoms with van der Waals surface area (Å²) in [6.07, 6.45) is 0. The third-order valence-corrected chi connectivity index (χ3v) is 5.46. The second-order valence-corrected chi connectivity index (χ2v) is 7.22. The van der Waals surface area contributed by atoms with Gasteiger partial charge in [-0.05, 0) is 38.5 Å². The van der Waals surface area contributed by atoms with Crippen molar-refractivity contribution >= 4 is 22.8 Å². The first-order chi connectivity index (χ1) is 15.0. The molecule has 31 heavy (non-hydrogen) atoms. The molecule has 158 valence electrons. The fourth-order valence-corrected chi connectivity index (χ4v) is 4.01. The summed E-state index contributed by atoms with van der Waals surface area (Å²) < 4.78 is 14.1. The zero-order valence-corrected chi connectivity index (χ0v) is 18.0. The van der Waals surface area contributed by atoms with Gasteiger partial charge in [-0.25, -0.2) is 14.3 Å². The molecule has 0 fully saturated rings. The fourth-order valence-electron chi connectivity index (χ4n) is 4.01. The Morgan fingerprint density at radius 3 is 2.26 bits per heavy atom. The van der Waals surface area contributed by atoms with Crippen molar-refractivity contribution in [2.75, 3.05) is 13.7 Å². The van der Waals surface area contributed by atoms with Gasteiger partial charge in [-0.2, -0.15) is 0 Å². The van der Waals surface area contributed by atoms with Crippen molar-refractivity contribution in [3.05, 3.63) is 83.2 Å². The fraction of sp³-hybridized carbons (Fsp3) is 0.200. The number of hydrogen-bond donors (Lipinski definition) is 0. The van der Waals surface area contributed by atoms with E-state index in [0.717, 1.165) is 27.7 Å². The van der Waals surface area contributed by atoms with Crippen LogP contribution in [0.15, 0.2) is 60.7 Å². The van der Waals surface area contributed by atoms with Crippen LogP contribution in [0.1, 0.15) is 39.0 Å². The Kier molecular flexibility index (Phi) is 5.38. The minimum atomic E-state index is -0.431. The highest BCUT2D eigenvalue weighted by Gasteiger charge is 2.27. The van der Waals surface area contributed by atoms with Crippen molar-refractivity contribution in [2.45, 2.75) is 20.8 Å². The lowest BCUT2D eigenvalue weighted by Gasteiger charge is -2.18. The van der Waals surface area contributed by atoms with Gasteiger partial charge in [0.05, 0.1) is 36.2 Å². The van der Waals surface area contributed by atoms with E-state index in [1.54, 1.807) is 13.0 Å². The molecule has 4 aromatic rings. The van der Waals surface area contributed by atoms with E-state index in [-0.39, 0.29) is 6.61 Å². The van der Waals surface area contributed by atoms with E-state index in [9.17, 15) is 9.59 Å². The predicted octanol–water partition coefficient (Wildman–Crippen LogP) is 5.00. The van der Waals surface area contributed by atoms with Gasteiger partial charge in [0.1, 0.15) is 0 Å². The molecule has 0 radical (unpaired) electrons. The molecule has 6 heteroatoms. The average Bonchev–Trinajstić information content (AvgIpc) is 3.28. The maximum Gasteiger partial charge on any atom is 0.357 e. The van der Waals surface area contributed by atoms with Crippen LogP contribution in [-0.4, -0.2) is 35.0 Å². The van der Waals surface area contributed by atoms with Crippen LogP contribution in [0, 0.1) is 13.8 Å². The Balaban J connectivity index is 2.13. The van der Waals surface area contributed by atoms with Gasteiger partial charge in [-0.3, -0.25) is 4.68 Å². The molecule has 4 rings (SSSR count). The molecular weight excluding hydrogens is 392 g/mol. The van der Waals surface area contributed by atoms with Gasteiger partial charge >= 0.3 is 11.9 Å². The standard InChI is InChI=1S/C25H24N2O4/c1-5-31-25(29)23-16(2)19-13-9-10-14-21(19)27(23)26-17(3)20(24(28)30-4)15-22(26)18-11-7-6-8-12-18/h6-15H,5H2,1-4H3. The van der Waals surface area contributed by atoms with Gasteiger partial charge in [-0.1, -0.05) is 48.5 Å². The number of rotatable bonds is 5. The summed E-state index contributed by atoms with van der Waals surface area (Å²) in [5.41, 5.74) is 4.87. The molecule has 0 saturated heterocycles. The number of hydrogen-bond acceptors (Lipinski definition) is 4. The van der Waals surface area contributed by atoms with Crippen LogP contribution < -0.4 is 0 Å². The van der Waals surface area contributed by atoms with E-state index in [1.807, 2.05) is 77.8 Å². The number of aromatic nitrogens is 2. The van der Waals surface area contributed by atoms with Crippen molar-refractivity contribution < 1.29 is 19.1 Å². The third-order valence-electron chi connectivity index (χ3n) is 5.46. The summed E-state index contributed by atoms with van der Waals surface area (Å²) in [6.45, 7) is 5.81. The van der Waals surface area contributed by atoms with E-state index >= 15 is 0 Å². The molecule has 2 heterocycles. The Morgan fingerprint density at radius 1 is 0.903 bits per heavy atom. The van der Waals surface area contributed by atoms with Crippen LogP contribution in [0.25, 0.3) is 22.2 Å². The lowest BCUT2D eigenvalue weighted by atomic mass is 10.1. The molecule has 0 aliphatic rings. The maximum absolute atomic E-state index is 13.0. The summed E-state index contributed by atoms with van der Waals surface area (Å²) >= 11 is 0. The van der Waals surface area contributed by atoms with Crippen molar-refractivity contribution in [2.24, 2.45) is 0 Å². The predicted molar refractivity (Wildman–Crippen MR) is 119 cm³/mol. The average molecular weight is 416 g/mol. The molecule has 0 amide bonds. The smallest absolute Gasteiger partial charge is 0.357 e. The Labute approximate surface area is 180 Å². The Bertz CT molecular complexity index is 1280. The lowest BCUT2D eigenvalue weighted by molar-refractivity contribution is 0.0511. The van der Waals surface area contributed by atoms with Crippen molar-refractivity contribution in [3.63, 3.8) is 0 Å². The first-order valence-electron chi connectivity index (χ1n) is 10.1. The van der Waals surface area contributed by atoms with Crippen LogP contribution in [0.3, 0.4) is 0 Å². The van der Waals surface area contributed by atoms with Gasteiger partial charge in [0.15, 0.2) is 5.69 Å². The summed E-state index contributed by atoms with van der Waals surface area (Å²) in [5.74, 6) is -0.845. The van der Waals surface area contributed by atoms with Gasteiger partial charge in [0.2, 0.25) is 0 Å². The number of esters is 2. The number of carbonyl (C=O) groups is 2. The first-order valence-corrected chi connectivity index (χ1v) is 10.1. The highest BCUT2D eigenvalue weighted by atomic mass is 16.5. The quantitative estimate of drug-likeness (QED) is 0.430. The highest BCUT2D eigenvalue weighted by molar-refractivity contribution is 5.99. The monoisotopic (exact) mass is 416 g/mol. The number of aryl methyl sites for hydroxylation is 1. The molecule has 2 aromatic heterocycles. The zero-order chi connectivity index (χ0) is 22.1. The van der Waals surface area contributed by atoms with Gasteiger partial charge < -0.3 is 9.47 Å². The van der Waals surface area contributed by atoms with E-state index in [1.165, 1.54) is 7.11 Å². The third kappa shape index (κ3) is 3.30. The summed E-state index contributed by atoms with van der Waals surface area (Å²) in [4.78, 5) is 25.6. The number of para-hydroxylation sites is 1. The Hall–Kier alpha value is -3.80. The molecule has 0 N–H and O–H groups in total. The minimum Gasteiger partial charge on any atom is -0.465 e. The largest absolute Gasteiger partial charge is 0.465 e. The molecule has 0 aliphatic carbocycles. The molecule has 6 nitrogen and oxygen atoms in total. The van der Waals surface area contributed by atoms with Crippen LogP contribution in [-0.2, 0) is 9.47 Å². The van der Waals surface area contributed by atoms with Crippen LogP contribution >= 0.6 is 0 Å². The van der Waals surface area contributed by atoms with E-state index in [2.05, 4.69) is 0 Å². The second-order valence-electron chi connectivity index (χ2n) is 7.22.